The summed E-state index contributed by atoms with van der Waals surface area (Å²) in [4.78, 5) is 27.9. The number of rotatable bonds is 7. The van der Waals surface area contributed by atoms with E-state index in [-0.39, 0.29) is 11.5 Å². The second-order valence-corrected chi connectivity index (χ2v) is 6.75. The normalized spacial score (nSPS) is 10.3. The van der Waals surface area contributed by atoms with Gasteiger partial charge in [-0.15, -0.1) is 11.3 Å². The second kappa shape index (κ2) is 9.20. The fourth-order valence-electron chi connectivity index (χ4n) is 2.18. The van der Waals surface area contributed by atoms with Crippen LogP contribution in [-0.4, -0.2) is 35.2 Å². The maximum absolute atomic E-state index is 11.9. The first-order valence-corrected chi connectivity index (χ1v) is 9.35. The smallest absolute Gasteiger partial charge is 0.344 e. The number of carbonyl (C=O) groups excluding carboxylic acids is 2. The molecular weight excluding hydrogens is 404 g/mol. The summed E-state index contributed by atoms with van der Waals surface area (Å²) in [6.45, 7) is -0.914. The maximum atomic E-state index is 11.9. The van der Waals surface area contributed by atoms with Gasteiger partial charge in [-0.25, -0.2) is 9.78 Å². The number of hydrogen-bond acceptors (Lipinski definition) is 7. The molecule has 0 fully saturated rings. The number of aromatic hydroxyl groups is 1. The Morgan fingerprint density at radius 2 is 1.86 bits per heavy atom. The quantitative estimate of drug-likeness (QED) is 0.567. The number of benzene rings is 2. The molecule has 2 N–H and O–H groups in total. The molecule has 1 aromatic heterocycles. The topological polar surface area (TPSA) is 97.8 Å². The van der Waals surface area contributed by atoms with E-state index in [0.717, 1.165) is 5.56 Å². The molecule has 0 radical (unpaired) electrons. The van der Waals surface area contributed by atoms with Crippen LogP contribution in [-0.2, 0) is 14.3 Å². The van der Waals surface area contributed by atoms with Crippen molar-refractivity contribution < 1.29 is 24.2 Å². The third kappa shape index (κ3) is 5.21. The van der Waals surface area contributed by atoms with Crippen molar-refractivity contribution in [2.75, 3.05) is 18.5 Å². The molecule has 0 bridgehead atoms. The van der Waals surface area contributed by atoms with Gasteiger partial charge in [-0.2, -0.15) is 0 Å². The Labute approximate surface area is 169 Å². The van der Waals surface area contributed by atoms with Gasteiger partial charge in [0.15, 0.2) is 29.8 Å². The van der Waals surface area contributed by atoms with E-state index in [0.29, 0.717) is 15.8 Å². The van der Waals surface area contributed by atoms with Crippen molar-refractivity contribution in [1.29, 1.82) is 0 Å². The third-order valence-corrected chi connectivity index (χ3v) is 4.56. The first-order valence-electron chi connectivity index (χ1n) is 8.09. The molecule has 3 aromatic rings. The third-order valence-electron chi connectivity index (χ3n) is 3.48. The Morgan fingerprint density at radius 1 is 1.11 bits per heavy atom. The lowest BCUT2D eigenvalue weighted by Crippen LogP contribution is -2.23. The lowest BCUT2D eigenvalue weighted by molar-refractivity contribution is -0.149. The van der Waals surface area contributed by atoms with Crippen molar-refractivity contribution in [3.8, 4) is 22.8 Å². The van der Waals surface area contributed by atoms with Gasteiger partial charge in [0.1, 0.15) is 0 Å². The zero-order valence-electron chi connectivity index (χ0n) is 14.4. The lowest BCUT2D eigenvalue weighted by Gasteiger charge is -2.08. The van der Waals surface area contributed by atoms with Gasteiger partial charge in [0, 0.05) is 16.0 Å². The van der Waals surface area contributed by atoms with Gasteiger partial charge in [0.05, 0.1) is 5.69 Å². The molecule has 0 aliphatic rings. The monoisotopic (exact) mass is 418 g/mol. The van der Waals surface area contributed by atoms with Crippen LogP contribution in [0.2, 0.25) is 5.02 Å². The first-order chi connectivity index (χ1) is 13.5. The molecule has 7 nitrogen and oxygen atoms in total. The molecule has 3 rings (SSSR count). The molecule has 1 amide bonds. The number of phenols is 1. The molecule has 9 heteroatoms. The van der Waals surface area contributed by atoms with Crippen molar-refractivity contribution in [2.45, 2.75) is 0 Å². The van der Waals surface area contributed by atoms with E-state index in [2.05, 4.69) is 10.3 Å². The Bertz CT molecular complexity index is 992. The highest BCUT2D eigenvalue weighted by Gasteiger charge is 2.13. The van der Waals surface area contributed by atoms with Crippen LogP contribution in [0.3, 0.4) is 0 Å². The fraction of sp³-hybridized carbons (Fsp3) is 0.105. The van der Waals surface area contributed by atoms with Crippen LogP contribution in [0.4, 0.5) is 5.13 Å². The number of nitrogens with one attached hydrogen (secondary N) is 1. The van der Waals surface area contributed by atoms with Crippen LogP contribution < -0.4 is 10.1 Å². The molecule has 1 heterocycles. The molecule has 0 aliphatic carbocycles. The Hall–Kier alpha value is -3.10. The van der Waals surface area contributed by atoms with Crippen LogP contribution >= 0.6 is 22.9 Å². The van der Waals surface area contributed by atoms with Gasteiger partial charge in [-0.05, 0) is 18.2 Å². The highest BCUT2D eigenvalue weighted by molar-refractivity contribution is 7.14. The molecule has 0 spiro atoms. The number of para-hydroxylation sites is 2. The van der Waals surface area contributed by atoms with Gasteiger partial charge in [0.25, 0.3) is 5.91 Å². The van der Waals surface area contributed by atoms with Crippen molar-refractivity contribution in [2.24, 2.45) is 0 Å². The molecule has 144 valence electrons. The highest BCUT2D eigenvalue weighted by atomic mass is 35.5. The molecule has 0 aliphatic heterocycles. The molecule has 28 heavy (non-hydrogen) atoms. The summed E-state index contributed by atoms with van der Waals surface area (Å²) in [5.41, 5.74) is 1.40. The molecule has 0 saturated heterocycles. The minimum absolute atomic E-state index is 0.0915. The molecule has 2 aromatic carbocycles. The van der Waals surface area contributed by atoms with Crippen LogP contribution in [0.5, 0.6) is 11.5 Å². The number of anilines is 1. The van der Waals surface area contributed by atoms with E-state index in [1.54, 1.807) is 23.6 Å². The van der Waals surface area contributed by atoms with E-state index in [1.165, 1.54) is 23.5 Å². The van der Waals surface area contributed by atoms with E-state index < -0.39 is 25.1 Å². The zero-order chi connectivity index (χ0) is 19.9. The van der Waals surface area contributed by atoms with E-state index in [9.17, 15) is 14.7 Å². The summed E-state index contributed by atoms with van der Waals surface area (Å²) >= 11 is 7.36. The number of amides is 1. The van der Waals surface area contributed by atoms with Crippen molar-refractivity contribution in [3.63, 3.8) is 0 Å². The number of phenolic OH excluding ortho intramolecular Hbond substituents is 1. The molecule has 0 unspecified atom stereocenters. The summed E-state index contributed by atoms with van der Waals surface area (Å²) < 4.78 is 9.98. The number of thiazole rings is 1. The largest absolute Gasteiger partial charge is 0.504 e. The van der Waals surface area contributed by atoms with Gasteiger partial charge in [-0.3, -0.25) is 10.1 Å². The van der Waals surface area contributed by atoms with Gasteiger partial charge >= 0.3 is 5.97 Å². The van der Waals surface area contributed by atoms with Gasteiger partial charge in [-0.1, -0.05) is 41.9 Å². The van der Waals surface area contributed by atoms with Crippen LogP contribution in [0.25, 0.3) is 11.3 Å². The first kappa shape index (κ1) is 19.7. The van der Waals surface area contributed by atoms with Gasteiger partial charge in [0.2, 0.25) is 0 Å². The number of aromatic nitrogens is 1. The summed E-state index contributed by atoms with van der Waals surface area (Å²) in [7, 11) is 0. The Morgan fingerprint density at radius 3 is 2.64 bits per heavy atom. The summed E-state index contributed by atoms with van der Waals surface area (Å²) in [5.74, 6) is -1.21. The minimum atomic E-state index is -0.741. The Kier molecular flexibility index (Phi) is 6.46. The standard InChI is InChI=1S/C19H15ClN2O5S/c20-13-6-2-1-5-12(13)14-11-28-19(21-14)22-17(24)9-27-18(25)10-26-16-8-4-3-7-15(16)23/h1-8,11,23H,9-10H2,(H,21,22,24). The number of hydrogen-bond donors (Lipinski definition) is 2. The molecule has 0 atom stereocenters. The minimum Gasteiger partial charge on any atom is -0.504 e. The number of carbonyl (C=O) groups is 2. The molecule has 0 saturated carbocycles. The lowest BCUT2D eigenvalue weighted by atomic mass is 10.2. The zero-order valence-corrected chi connectivity index (χ0v) is 16.0. The van der Waals surface area contributed by atoms with Gasteiger partial charge < -0.3 is 14.6 Å². The average molecular weight is 419 g/mol. The fourth-order valence-corrected chi connectivity index (χ4v) is 3.14. The predicted octanol–water partition coefficient (Wildman–Crippen LogP) is 3.73. The number of ether oxygens (including phenoxy) is 2. The Balaban J connectivity index is 1.46. The summed E-state index contributed by atoms with van der Waals surface area (Å²) in [5, 5.41) is 14.8. The van der Waals surface area contributed by atoms with E-state index in [1.807, 2.05) is 18.2 Å². The maximum Gasteiger partial charge on any atom is 0.344 e. The summed E-state index contributed by atoms with van der Waals surface area (Å²) in [6.07, 6.45) is 0. The van der Waals surface area contributed by atoms with Crippen molar-refractivity contribution in [3.05, 3.63) is 58.9 Å². The number of nitrogens with zero attached hydrogens (tertiary/aromatic N) is 1. The SMILES string of the molecule is O=C(COC(=O)COc1ccccc1O)Nc1nc(-c2ccccc2Cl)cs1. The second-order valence-electron chi connectivity index (χ2n) is 5.48. The molecular formula is C19H15ClN2O5S. The predicted molar refractivity (Wildman–Crippen MR) is 106 cm³/mol. The number of halogens is 1. The van der Waals surface area contributed by atoms with Crippen LogP contribution in [0.1, 0.15) is 0 Å². The average Bonchev–Trinajstić information content (AvgIpc) is 3.14. The summed E-state index contributed by atoms with van der Waals surface area (Å²) in [6, 6.07) is 13.5. The number of esters is 1. The van der Waals surface area contributed by atoms with Crippen molar-refractivity contribution >= 4 is 39.9 Å². The van der Waals surface area contributed by atoms with Crippen LogP contribution in [0.15, 0.2) is 53.9 Å². The van der Waals surface area contributed by atoms with Crippen LogP contribution in [0, 0.1) is 0 Å². The van der Waals surface area contributed by atoms with Crippen molar-refractivity contribution in [1.82, 2.24) is 4.98 Å². The van der Waals surface area contributed by atoms with E-state index >= 15 is 0 Å². The van der Waals surface area contributed by atoms with E-state index in [4.69, 9.17) is 21.1 Å². The highest BCUT2D eigenvalue weighted by Crippen LogP contribution is 2.30.